The van der Waals surface area contributed by atoms with E-state index in [4.69, 9.17) is 11.6 Å². The van der Waals surface area contributed by atoms with Crippen molar-refractivity contribution in [3.63, 3.8) is 0 Å². The number of nitrogen functional groups attached to an aromatic ring is 1. The van der Waals surface area contributed by atoms with Crippen LogP contribution in [-0.2, 0) is 0 Å². The van der Waals surface area contributed by atoms with Crippen molar-refractivity contribution in [1.29, 1.82) is 0 Å². The van der Waals surface area contributed by atoms with Crippen LogP contribution in [0.5, 0.6) is 0 Å². The fourth-order valence-electron chi connectivity index (χ4n) is 2.84. The molecule has 0 atom stereocenters. The number of benzene rings is 1. The minimum atomic E-state index is 0.182. The van der Waals surface area contributed by atoms with Crippen molar-refractivity contribution in [3.8, 4) is 0 Å². The number of aryl methyl sites for hydroxylation is 2. The Labute approximate surface area is 124 Å². The van der Waals surface area contributed by atoms with E-state index in [9.17, 15) is 0 Å². The number of rotatable bonds is 0. The molecule has 2 rings (SSSR count). The van der Waals surface area contributed by atoms with Gasteiger partial charge in [0.1, 0.15) is 0 Å². The molecule has 0 unspecified atom stereocenters. The Morgan fingerprint density at radius 2 is 1.50 bits per heavy atom. The highest BCUT2D eigenvalue weighted by molar-refractivity contribution is 5.47. The number of hydrazine groups is 1. The lowest BCUT2D eigenvalue weighted by molar-refractivity contribution is -0.0278. The largest absolute Gasteiger partial charge is 0.399 e. The molecule has 1 aromatic rings. The molecule has 1 heterocycles. The molecule has 114 valence electrons. The first-order chi connectivity index (χ1) is 9.06. The van der Waals surface area contributed by atoms with Gasteiger partial charge in [-0.3, -0.25) is 5.84 Å². The topological polar surface area (TPSA) is 55.3 Å². The van der Waals surface area contributed by atoms with Gasteiger partial charge in [0.05, 0.1) is 0 Å². The van der Waals surface area contributed by atoms with Crippen molar-refractivity contribution in [2.45, 2.75) is 71.9 Å². The predicted molar refractivity (Wildman–Crippen MR) is 88.4 cm³/mol. The van der Waals surface area contributed by atoms with Crippen LogP contribution in [0.2, 0.25) is 0 Å². The molecule has 4 N–H and O–H groups in total. The third-order valence-corrected chi connectivity index (χ3v) is 4.31. The summed E-state index contributed by atoms with van der Waals surface area (Å²) in [5.74, 6) is 6.02. The Hall–Kier alpha value is -1.06. The van der Waals surface area contributed by atoms with Crippen molar-refractivity contribution >= 4 is 5.69 Å². The molecule has 0 bridgehead atoms. The summed E-state index contributed by atoms with van der Waals surface area (Å²) in [6.45, 7) is 12.9. The molecule has 0 spiro atoms. The van der Waals surface area contributed by atoms with E-state index in [1.54, 1.807) is 0 Å². The van der Waals surface area contributed by atoms with Gasteiger partial charge in [-0.05, 0) is 72.4 Å². The minimum absolute atomic E-state index is 0.182. The summed E-state index contributed by atoms with van der Waals surface area (Å²) in [5, 5.41) is 2.02. The molecule has 0 radical (unpaired) electrons. The van der Waals surface area contributed by atoms with Gasteiger partial charge in [0.2, 0.25) is 0 Å². The zero-order valence-electron chi connectivity index (χ0n) is 14.0. The first-order valence-electron chi connectivity index (χ1n) is 7.44. The Morgan fingerprint density at radius 1 is 1.00 bits per heavy atom. The summed E-state index contributed by atoms with van der Waals surface area (Å²) in [6, 6.07) is 6.03. The zero-order chi connectivity index (χ0) is 15.6. The van der Waals surface area contributed by atoms with Crippen LogP contribution >= 0.6 is 0 Å². The fourth-order valence-corrected chi connectivity index (χ4v) is 2.84. The number of nitrogens with two attached hydrogens (primary N) is 2. The molecule has 0 amide bonds. The summed E-state index contributed by atoms with van der Waals surface area (Å²) < 4.78 is 0. The normalized spacial score (nSPS) is 20.9. The van der Waals surface area contributed by atoms with Crippen LogP contribution in [-0.4, -0.2) is 16.1 Å². The van der Waals surface area contributed by atoms with Crippen LogP contribution in [0.3, 0.4) is 0 Å². The molecule has 1 aromatic carbocycles. The van der Waals surface area contributed by atoms with Gasteiger partial charge in [-0.15, -0.1) is 0 Å². The molecule has 3 heteroatoms. The highest BCUT2D eigenvalue weighted by Crippen LogP contribution is 2.34. The number of nitrogens with zero attached hydrogens (tertiary/aromatic N) is 1. The van der Waals surface area contributed by atoms with Crippen LogP contribution in [0.25, 0.3) is 0 Å². The van der Waals surface area contributed by atoms with Crippen LogP contribution in [0.15, 0.2) is 18.2 Å². The third-order valence-electron chi connectivity index (χ3n) is 4.31. The highest BCUT2D eigenvalue weighted by Gasteiger charge is 2.38. The monoisotopic (exact) mass is 277 g/mol. The van der Waals surface area contributed by atoms with E-state index in [1.165, 1.54) is 24.8 Å². The number of anilines is 1. The van der Waals surface area contributed by atoms with Gasteiger partial charge >= 0.3 is 0 Å². The van der Waals surface area contributed by atoms with Crippen molar-refractivity contribution < 1.29 is 0 Å². The van der Waals surface area contributed by atoms with E-state index in [0.717, 1.165) is 11.3 Å². The van der Waals surface area contributed by atoms with Crippen molar-refractivity contribution in [3.05, 3.63) is 29.3 Å². The highest BCUT2D eigenvalue weighted by atomic mass is 15.5. The number of piperidine rings is 1. The van der Waals surface area contributed by atoms with Crippen LogP contribution < -0.4 is 11.6 Å². The fraction of sp³-hybridized carbons (Fsp3) is 0.647. The summed E-state index contributed by atoms with van der Waals surface area (Å²) >= 11 is 0. The van der Waals surface area contributed by atoms with Crippen LogP contribution in [0, 0.1) is 13.8 Å². The van der Waals surface area contributed by atoms with Crippen molar-refractivity contribution in [2.75, 3.05) is 5.73 Å². The Kier molecular flexibility index (Phi) is 5.22. The summed E-state index contributed by atoms with van der Waals surface area (Å²) in [7, 11) is 0. The van der Waals surface area contributed by atoms with Crippen LogP contribution in [0.1, 0.15) is 58.1 Å². The SMILES string of the molecule is CC1(C)CCCC(C)(C)N1N.Cc1ccc(N)c(C)c1. The third kappa shape index (κ3) is 4.22. The van der Waals surface area contributed by atoms with E-state index in [0.29, 0.717) is 0 Å². The molecule has 0 aromatic heterocycles. The maximum absolute atomic E-state index is 6.02. The second kappa shape index (κ2) is 6.15. The Bertz CT molecular complexity index is 434. The average molecular weight is 277 g/mol. The van der Waals surface area contributed by atoms with Crippen molar-refractivity contribution in [2.24, 2.45) is 5.84 Å². The lowest BCUT2D eigenvalue weighted by atomic mass is 9.82. The number of hydrogen-bond acceptors (Lipinski definition) is 3. The van der Waals surface area contributed by atoms with Crippen LogP contribution in [0.4, 0.5) is 5.69 Å². The maximum atomic E-state index is 6.02. The van der Waals surface area contributed by atoms with E-state index >= 15 is 0 Å². The summed E-state index contributed by atoms with van der Waals surface area (Å²) in [6.07, 6.45) is 3.73. The van der Waals surface area contributed by atoms with Gasteiger partial charge in [0.25, 0.3) is 0 Å². The van der Waals surface area contributed by atoms with Gasteiger partial charge in [-0.1, -0.05) is 17.7 Å². The summed E-state index contributed by atoms with van der Waals surface area (Å²) in [4.78, 5) is 0. The lowest BCUT2D eigenvalue weighted by Crippen LogP contribution is -2.62. The molecular formula is C17H31N3. The molecule has 0 saturated carbocycles. The molecule has 0 aliphatic carbocycles. The zero-order valence-corrected chi connectivity index (χ0v) is 14.0. The maximum Gasteiger partial charge on any atom is 0.0343 e. The van der Waals surface area contributed by atoms with Crippen molar-refractivity contribution in [1.82, 2.24) is 5.01 Å². The minimum Gasteiger partial charge on any atom is -0.399 e. The van der Waals surface area contributed by atoms with Gasteiger partial charge in [0, 0.05) is 16.8 Å². The molecular weight excluding hydrogens is 246 g/mol. The Morgan fingerprint density at radius 3 is 1.85 bits per heavy atom. The molecule has 1 aliphatic rings. The molecule has 1 fully saturated rings. The first-order valence-corrected chi connectivity index (χ1v) is 7.44. The van der Waals surface area contributed by atoms with E-state index in [2.05, 4.69) is 40.7 Å². The smallest absolute Gasteiger partial charge is 0.0343 e. The Balaban J connectivity index is 0.000000204. The molecule has 3 nitrogen and oxygen atoms in total. The molecule has 1 aliphatic heterocycles. The average Bonchev–Trinajstić information content (AvgIpc) is 2.32. The van der Waals surface area contributed by atoms with E-state index in [-0.39, 0.29) is 11.1 Å². The first kappa shape index (κ1) is 17.0. The predicted octanol–water partition coefficient (Wildman–Crippen LogP) is 3.79. The molecule has 20 heavy (non-hydrogen) atoms. The second-order valence-electron chi connectivity index (χ2n) is 7.21. The van der Waals surface area contributed by atoms with E-state index < -0.39 is 0 Å². The number of hydrogen-bond donors (Lipinski definition) is 2. The quantitative estimate of drug-likeness (QED) is 0.560. The molecule has 1 saturated heterocycles. The summed E-state index contributed by atoms with van der Waals surface area (Å²) in [5.41, 5.74) is 9.26. The lowest BCUT2D eigenvalue weighted by Gasteiger charge is -2.50. The van der Waals surface area contributed by atoms with Gasteiger partial charge in [-0.2, -0.15) is 0 Å². The van der Waals surface area contributed by atoms with Gasteiger partial charge in [0.15, 0.2) is 0 Å². The standard InChI is InChI=1S/C9H20N2.C8H11N/c1-8(2)6-5-7-9(3,4)11(8)10;1-6-3-4-8(9)7(2)5-6/h5-7,10H2,1-4H3;3-5H,9H2,1-2H3. The van der Waals surface area contributed by atoms with Gasteiger partial charge < -0.3 is 5.73 Å². The second-order valence-corrected chi connectivity index (χ2v) is 7.21. The van der Waals surface area contributed by atoms with E-state index in [1.807, 2.05) is 24.1 Å². The van der Waals surface area contributed by atoms with Gasteiger partial charge in [-0.25, -0.2) is 5.01 Å².